The van der Waals surface area contributed by atoms with E-state index in [2.05, 4.69) is 10.2 Å². The van der Waals surface area contributed by atoms with Gasteiger partial charge in [-0.05, 0) is 43.5 Å². The van der Waals surface area contributed by atoms with Crippen LogP contribution in [0, 0.1) is 0 Å². The van der Waals surface area contributed by atoms with Gasteiger partial charge in [-0.25, -0.2) is 13.6 Å². The minimum Gasteiger partial charge on any atom is -0.334 e. The zero-order valence-corrected chi connectivity index (χ0v) is 14.4. The summed E-state index contributed by atoms with van der Waals surface area (Å²) >= 11 is 0. The summed E-state index contributed by atoms with van der Waals surface area (Å²) in [7, 11) is -2.02. The summed E-state index contributed by atoms with van der Waals surface area (Å²) in [4.78, 5) is 14.2. The maximum absolute atomic E-state index is 12.6. The lowest BCUT2D eigenvalue weighted by Gasteiger charge is -2.24. The first-order valence-electron chi connectivity index (χ1n) is 7.72. The van der Waals surface area contributed by atoms with Crippen LogP contribution in [-0.2, 0) is 10.0 Å². The van der Waals surface area contributed by atoms with Crippen LogP contribution >= 0.6 is 0 Å². The minimum absolute atomic E-state index is 0.0498. The number of amides is 1. The fourth-order valence-corrected chi connectivity index (χ4v) is 3.08. The van der Waals surface area contributed by atoms with Crippen LogP contribution < -0.4 is 5.14 Å². The molecule has 128 valence electrons. The smallest absolute Gasteiger partial charge is 0.274 e. The Morgan fingerprint density at radius 3 is 2.50 bits per heavy atom. The molecule has 1 amide bonds. The van der Waals surface area contributed by atoms with Gasteiger partial charge in [0.05, 0.1) is 10.9 Å². The van der Waals surface area contributed by atoms with Gasteiger partial charge in [-0.2, -0.15) is 5.10 Å². The first-order chi connectivity index (χ1) is 11.3. The van der Waals surface area contributed by atoms with E-state index in [-0.39, 0.29) is 16.8 Å². The van der Waals surface area contributed by atoms with Crippen LogP contribution in [0.5, 0.6) is 0 Å². The van der Waals surface area contributed by atoms with Crippen molar-refractivity contribution >= 4 is 15.9 Å². The van der Waals surface area contributed by atoms with Gasteiger partial charge in [-0.15, -0.1) is 0 Å². The zero-order valence-electron chi connectivity index (χ0n) is 13.6. The average molecular weight is 348 g/mol. The molecule has 1 aromatic heterocycles. The molecule has 3 rings (SSSR count). The number of hydrogen-bond acceptors (Lipinski definition) is 4. The highest BCUT2D eigenvalue weighted by molar-refractivity contribution is 7.89. The number of nitrogens with zero attached hydrogens (tertiary/aromatic N) is 2. The van der Waals surface area contributed by atoms with Gasteiger partial charge in [0.1, 0.15) is 5.69 Å². The lowest BCUT2D eigenvalue weighted by atomic mass is 10.1. The topological polar surface area (TPSA) is 109 Å². The van der Waals surface area contributed by atoms with Gasteiger partial charge < -0.3 is 4.90 Å². The third-order valence-electron chi connectivity index (χ3n) is 4.43. The Morgan fingerprint density at radius 2 is 1.96 bits per heavy atom. The van der Waals surface area contributed by atoms with Crippen molar-refractivity contribution in [2.24, 2.45) is 5.14 Å². The predicted octanol–water partition coefficient (Wildman–Crippen LogP) is 1.77. The van der Waals surface area contributed by atoms with E-state index in [1.54, 1.807) is 24.1 Å². The SMILES string of the molecule is CC(c1ccc(S(N)(=O)=O)cc1)N(C)C(=O)c1cc(C2CC2)[nH]n1. The number of aromatic nitrogens is 2. The molecule has 7 nitrogen and oxygen atoms in total. The molecule has 0 spiro atoms. The van der Waals surface area contributed by atoms with Crippen LogP contribution in [-0.4, -0.2) is 36.5 Å². The van der Waals surface area contributed by atoms with Crippen LogP contribution in [0.4, 0.5) is 0 Å². The number of benzene rings is 1. The van der Waals surface area contributed by atoms with E-state index in [1.807, 2.05) is 13.0 Å². The van der Waals surface area contributed by atoms with Gasteiger partial charge in [0, 0.05) is 18.7 Å². The fraction of sp³-hybridized carbons (Fsp3) is 0.375. The predicted molar refractivity (Wildman–Crippen MR) is 88.9 cm³/mol. The molecular formula is C16H20N4O3S. The largest absolute Gasteiger partial charge is 0.334 e. The van der Waals surface area contributed by atoms with Crippen LogP contribution in [0.1, 0.15) is 53.5 Å². The molecule has 1 saturated carbocycles. The van der Waals surface area contributed by atoms with Crippen LogP contribution in [0.25, 0.3) is 0 Å². The standard InChI is InChI=1S/C16H20N4O3S/c1-10(11-5-7-13(8-6-11)24(17,22)23)20(2)16(21)15-9-14(18-19-15)12-3-4-12/h5-10,12H,3-4H2,1-2H3,(H,18,19)(H2,17,22,23). The Morgan fingerprint density at radius 1 is 1.33 bits per heavy atom. The maximum Gasteiger partial charge on any atom is 0.274 e. The van der Waals surface area contributed by atoms with Crippen molar-refractivity contribution < 1.29 is 13.2 Å². The van der Waals surface area contributed by atoms with E-state index in [1.165, 1.54) is 12.1 Å². The van der Waals surface area contributed by atoms with Crippen LogP contribution in [0.2, 0.25) is 0 Å². The Balaban J connectivity index is 1.75. The number of primary sulfonamides is 1. The first kappa shape index (κ1) is 16.7. The zero-order chi connectivity index (χ0) is 17.5. The van der Waals surface area contributed by atoms with Crippen LogP contribution in [0.3, 0.4) is 0 Å². The lowest BCUT2D eigenvalue weighted by Crippen LogP contribution is -2.30. The first-order valence-corrected chi connectivity index (χ1v) is 9.27. The number of carbonyl (C=O) groups excluding carboxylic acids is 1. The van der Waals surface area contributed by atoms with E-state index in [4.69, 9.17) is 5.14 Å². The summed E-state index contributed by atoms with van der Waals surface area (Å²) < 4.78 is 22.6. The molecule has 1 aliphatic rings. The van der Waals surface area contributed by atoms with Crippen LogP contribution in [0.15, 0.2) is 35.2 Å². The van der Waals surface area contributed by atoms with Crippen molar-refractivity contribution in [3.8, 4) is 0 Å². The van der Waals surface area contributed by atoms with Gasteiger partial charge in [0.25, 0.3) is 5.91 Å². The highest BCUT2D eigenvalue weighted by Gasteiger charge is 2.28. The molecule has 8 heteroatoms. The molecule has 0 bridgehead atoms. The monoisotopic (exact) mass is 348 g/mol. The summed E-state index contributed by atoms with van der Waals surface area (Å²) in [5.41, 5.74) is 2.22. The van der Waals surface area contributed by atoms with Crippen molar-refractivity contribution in [3.05, 3.63) is 47.3 Å². The number of sulfonamides is 1. The summed E-state index contributed by atoms with van der Waals surface area (Å²) in [6.45, 7) is 1.87. The van der Waals surface area contributed by atoms with E-state index in [0.717, 1.165) is 24.1 Å². The molecular weight excluding hydrogens is 328 g/mol. The Kier molecular flexibility index (Phi) is 4.18. The number of H-pyrrole nitrogens is 1. The van der Waals surface area contributed by atoms with E-state index >= 15 is 0 Å². The molecule has 3 N–H and O–H groups in total. The van der Waals surface area contributed by atoms with Crippen molar-refractivity contribution in [1.29, 1.82) is 0 Å². The van der Waals surface area contributed by atoms with Gasteiger partial charge in [0.2, 0.25) is 10.0 Å². The number of nitrogens with two attached hydrogens (primary N) is 1. The van der Waals surface area contributed by atoms with Gasteiger partial charge in [0.15, 0.2) is 0 Å². The third kappa shape index (κ3) is 3.34. The van der Waals surface area contributed by atoms with Gasteiger partial charge in [-0.3, -0.25) is 9.89 Å². The second-order valence-electron chi connectivity index (χ2n) is 6.19. The van der Waals surface area contributed by atoms with Crippen molar-refractivity contribution in [1.82, 2.24) is 15.1 Å². The number of carbonyl (C=O) groups is 1. The third-order valence-corrected chi connectivity index (χ3v) is 5.36. The molecule has 1 aromatic carbocycles. The molecule has 1 aliphatic carbocycles. The van der Waals surface area contributed by atoms with Gasteiger partial charge >= 0.3 is 0 Å². The highest BCUT2D eigenvalue weighted by Crippen LogP contribution is 2.39. The molecule has 1 unspecified atom stereocenters. The molecule has 24 heavy (non-hydrogen) atoms. The maximum atomic E-state index is 12.6. The Hall–Kier alpha value is -2.19. The quantitative estimate of drug-likeness (QED) is 0.858. The number of aromatic amines is 1. The average Bonchev–Trinajstić information content (AvgIpc) is 3.29. The number of rotatable bonds is 5. The second-order valence-corrected chi connectivity index (χ2v) is 7.75. The fourth-order valence-electron chi connectivity index (χ4n) is 2.57. The lowest BCUT2D eigenvalue weighted by molar-refractivity contribution is 0.0736. The molecule has 0 aliphatic heterocycles. The molecule has 2 aromatic rings. The summed E-state index contributed by atoms with van der Waals surface area (Å²) in [5.74, 6) is 0.328. The minimum atomic E-state index is -3.72. The van der Waals surface area contributed by atoms with Crippen molar-refractivity contribution in [2.75, 3.05) is 7.05 Å². The van der Waals surface area contributed by atoms with E-state index in [0.29, 0.717) is 11.6 Å². The summed E-state index contributed by atoms with van der Waals surface area (Å²) in [6.07, 6.45) is 2.27. The molecule has 0 radical (unpaired) electrons. The number of hydrogen-bond donors (Lipinski definition) is 2. The molecule has 1 heterocycles. The van der Waals surface area contributed by atoms with Gasteiger partial charge in [-0.1, -0.05) is 12.1 Å². The Bertz CT molecular complexity index is 854. The van der Waals surface area contributed by atoms with E-state index in [9.17, 15) is 13.2 Å². The Labute approximate surface area is 140 Å². The van der Waals surface area contributed by atoms with Crippen molar-refractivity contribution in [2.45, 2.75) is 36.6 Å². The van der Waals surface area contributed by atoms with E-state index < -0.39 is 10.0 Å². The molecule has 0 saturated heterocycles. The summed E-state index contributed by atoms with van der Waals surface area (Å²) in [5, 5.41) is 12.1. The molecule has 1 atom stereocenters. The number of nitrogens with one attached hydrogen (secondary N) is 1. The van der Waals surface area contributed by atoms with Crippen molar-refractivity contribution in [3.63, 3.8) is 0 Å². The summed E-state index contributed by atoms with van der Waals surface area (Å²) in [6, 6.07) is 7.79. The second kappa shape index (κ2) is 6.03. The highest BCUT2D eigenvalue weighted by atomic mass is 32.2. The normalized spacial score (nSPS) is 16.0. The molecule has 1 fully saturated rings.